The number of hydrogen-bond donors (Lipinski definition) is 1. The second-order valence-electron chi connectivity index (χ2n) is 6.14. The van der Waals surface area contributed by atoms with Gasteiger partial charge in [0.15, 0.2) is 0 Å². The second-order valence-corrected chi connectivity index (χ2v) is 7.39. The highest BCUT2D eigenvalue weighted by molar-refractivity contribution is 6.35. The van der Waals surface area contributed by atoms with Crippen LogP contribution in [0.1, 0.15) is 11.3 Å². The van der Waals surface area contributed by atoms with E-state index in [0.717, 1.165) is 18.2 Å². The number of hydrogen-bond acceptors (Lipinski definition) is 3. The highest BCUT2D eigenvalue weighted by Gasteiger charge is 2.33. The molecule has 10 heteroatoms. The van der Waals surface area contributed by atoms with Crippen molar-refractivity contribution in [1.29, 1.82) is 5.26 Å². The van der Waals surface area contributed by atoms with Gasteiger partial charge in [-0.15, -0.1) is 0 Å². The molecule has 1 heterocycles. The van der Waals surface area contributed by atoms with Gasteiger partial charge in [-0.05, 0) is 48.5 Å². The average molecular weight is 486 g/mol. The molecule has 1 aromatic heterocycles. The van der Waals surface area contributed by atoms with E-state index in [0.29, 0.717) is 21.4 Å². The van der Waals surface area contributed by atoms with Crippen molar-refractivity contribution in [2.24, 2.45) is 0 Å². The Labute approximate surface area is 189 Å². The van der Waals surface area contributed by atoms with Crippen molar-refractivity contribution in [2.75, 3.05) is 5.32 Å². The fraction of sp³-hybridized carbons (Fsp3) is 0.0476. The standard InChI is InChI=1S/C21H10Cl3F3N2O2/c22-12-1-5-17(23)15(8-12)19-6-3-14(31-19)7-11(10-28)20(30)29-13-2-4-16(18(24)9-13)21(25,26)27/h1-9H,(H,29,30)/b11-7+. The maximum atomic E-state index is 12.8. The molecule has 31 heavy (non-hydrogen) atoms. The summed E-state index contributed by atoms with van der Waals surface area (Å²) in [7, 11) is 0. The maximum Gasteiger partial charge on any atom is 0.417 e. The van der Waals surface area contributed by atoms with E-state index in [4.69, 9.17) is 39.2 Å². The van der Waals surface area contributed by atoms with Crippen molar-refractivity contribution in [2.45, 2.75) is 6.18 Å². The monoisotopic (exact) mass is 484 g/mol. The van der Waals surface area contributed by atoms with E-state index in [9.17, 15) is 23.2 Å². The minimum absolute atomic E-state index is 0.00464. The van der Waals surface area contributed by atoms with Crippen molar-refractivity contribution in [3.8, 4) is 17.4 Å². The lowest BCUT2D eigenvalue weighted by Gasteiger charge is -2.10. The Morgan fingerprint density at radius 3 is 2.42 bits per heavy atom. The van der Waals surface area contributed by atoms with E-state index < -0.39 is 22.7 Å². The lowest BCUT2D eigenvalue weighted by Crippen LogP contribution is -2.14. The van der Waals surface area contributed by atoms with Gasteiger partial charge in [0.2, 0.25) is 0 Å². The number of anilines is 1. The Hall–Kier alpha value is -2.92. The third kappa shape index (κ3) is 5.42. The molecule has 0 bridgehead atoms. The van der Waals surface area contributed by atoms with Crippen LogP contribution in [0.5, 0.6) is 0 Å². The van der Waals surface area contributed by atoms with Gasteiger partial charge in [0.05, 0.1) is 15.6 Å². The Bertz CT molecular complexity index is 1230. The normalized spacial score (nSPS) is 11.8. The summed E-state index contributed by atoms with van der Waals surface area (Å²) in [6.45, 7) is 0. The molecule has 3 aromatic rings. The zero-order valence-electron chi connectivity index (χ0n) is 15.2. The number of rotatable bonds is 4. The van der Waals surface area contributed by atoms with E-state index in [1.165, 1.54) is 12.1 Å². The van der Waals surface area contributed by atoms with Crippen LogP contribution in [0.3, 0.4) is 0 Å². The summed E-state index contributed by atoms with van der Waals surface area (Å²) >= 11 is 17.7. The first kappa shape index (κ1) is 22.8. The Kier molecular flexibility index (Phi) is 6.65. The summed E-state index contributed by atoms with van der Waals surface area (Å²) in [6, 6.07) is 12.4. The summed E-state index contributed by atoms with van der Waals surface area (Å²) in [5.74, 6) is -0.300. The number of benzene rings is 2. The molecule has 0 spiro atoms. The molecular formula is C21H10Cl3F3N2O2. The molecule has 0 atom stereocenters. The van der Waals surface area contributed by atoms with Gasteiger partial charge in [-0.3, -0.25) is 4.79 Å². The Morgan fingerprint density at radius 2 is 1.77 bits per heavy atom. The number of nitrogens with one attached hydrogen (secondary N) is 1. The largest absolute Gasteiger partial charge is 0.457 e. The molecule has 3 rings (SSSR count). The molecule has 0 aliphatic rings. The van der Waals surface area contributed by atoms with Crippen LogP contribution in [0.15, 0.2) is 58.5 Å². The van der Waals surface area contributed by atoms with Crippen LogP contribution in [0, 0.1) is 11.3 Å². The quantitative estimate of drug-likeness (QED) is 0.308. The van der Waals surface area contributed by atoms with Crippen molar-refractivity contribution in [3.63, 3.8) is 0 Å². The number of carbonyl (C=O) groups excluding carboxylic acids is 1. The number of alkyl halides is 3. The van der Waals surface area contributed by atoms with Crippen LogP contribution < -0.4 is 5.32 Å². The van der Waals surface area contributed by atoms with E-state index in [1.807, 2.05) is 0 Å². The number of nitriles is 1. The summed E-state index contributed by atoms with van der Waals surface area (Å²) in [6.07, 6.45) is -3.44. The molecule has 0 saturated carbocycles. The van der Waals surface area contributed by atoms with Crippen molar-refractivity contribution in [3.05, 3.63) is 80.5 Å². The van der Waals surface area contributed by atoms with Crippen LogP contribution in [0.4, 0.5) is 18.9 Å². The minimum atomic E-state index is -4.62. The van der Waals surface area contributed by atoms with Crippen LogP contribution >= 0.6 is 34.8 Å². The number of halogens is 6. The first-order valence-corrected chi connectivity index (χ1v) is 9.57. The van der Waals surface area contributed by atoms with E-state index in [-0.39, 0.29) is 17.0 Å². The zero-order chi connectivity index (χ0) is 22.8. The SMILES string of the molecule is N#C/C(=C\c1ccc(-c2cc(Cl)ccc2Cl)o1)C(=O)Nc1ccc(C(F)(F)F)c(Cl)c1. The molecule has 0 unspecified atom stereocenters. The van der Waals surface area contributed by atoms with Crippen molar-refractivity contribution < 1.29 is 22.4 Å². The fourth-order valence-electron chi connectivity index (χ4n) is 2.57. The molecule has 0 radical (unpaired) electrons. The molecular weight excluding hydrogens is 476 g/mol. The topological polar surface area (TPSA) is 66.0 Å². The third-order valence-corrected chi connectivity index (χ3v) is 4.88. The van der Waals surface area contributed by atoms with Gasteiger partial charge in [0.1, 0.15) is 23.2 Å². The van der Waals surface area contributed by atoms with Gasteiger partial charge in [-0.2, -0.15) is 18.4 Å². The number of carbonyl (C=O) groups is 1. The van der Waals surface area contributed by atoms with E-state index >= 15 is 0 Å². The smallest absolute Gasteiger partial charge is 0.417 e. The zero-order valence-corrected chi connectivity index (χ0v) is 17.5. The molecule has 0 saturated heterocycles. The van der Waals surface area contributed by atoms with E-state index in [2.05, 4.69) is 5.32 Å². The van der Waals surface area contributed by atoms with E-state index in [1.54, 1.807) is 30.3 Å². The lowest BCUT2D eigenvalue weighted by atomic mass is 10.1. The molecule has 158 valence electrons. The second kappa shape index (κ2) is 9.06. The van der Waals surface area contributed by atoms with Gasteiger partial charge in [-0.1, -0.05) is 34.8 Å². The summed E-state index contributed by atoms with van der Waals surface area (Å²) in [5, 5.41) is 11.9. The van der Waals surface area contributed by atoms with Gasteiger partial charge < -0.3 is 9.73 Å². The Morgan fingerprint density at radius 1 is 1.03 bits per heavy atom. The highest BCUT2D eigenvalue weighted by Crippen LogP contribution is 2.36. The number of amides is 1. The first-order chi connectivity index (χ1) is 14.6. The molecule has 0 fully saturated rings. The summed E-state index contributed by atoms with van der Waals surface area (Å²) in [5.41, 5.74) is -0.855. The fourth-order valence-corrected chi connectivity index (χ4v) is 3.24. The summed E-state index contributed by atoms with van der Waals surface area (Å²) in [4.78, 5) is 12.4. The first-order valence-electron chi connectivity index (χ1n) is 8.43. The van der Waals surface area contributed by atoms with Gasteiger partial charge in [0, 0.05) is 22.3 Å². The van der Waals surface area contributed by atoms with Crippen molar-refractivity contribution in [1.82, 2.24) is 0 Å². The molecule has 1 amide bonds. The average Bonchev–Trinajstić information content (AvgIpc) is 3.15. The van der Waals surface area contributed by atoms with Crippen molar-refractivity contribution >= 4 is 52.5 Å². The van der Waals surface area contributed by atoms with Crippen LogP contribution in [-0.4, -0.2) is 5.91 Å². The lowest BCUT2D eigenvalue weighted by molar-refractivity contribution is -0.137. The van der Waals surface area contributed by atoms with Crippen LogP contribution in [0.25, 0.3) is 17.4 Å². The predicted octanol–water partition coefficient (Wildman–Crippen LogP) is 7.47. The van der Waals surface area contributed by atoms with Crippen LogP contribution in [-0.2, 0) is 11.0 Å². The predicted molar refractivity (Wildman–Crippen MR) is 113 cm³/mol. The number of nitrogens with zero attached hydrogens (tertiary/aromatic N) is 1. The third-order valence-electron chi connectivity index (χ3n) is 4.00. The molecule has 0 aliphatic carbocycles. The number of furan rings is 1. The highest BCUT2D eigenvalue weighted by atomic mass is 35.5. The Balaban J connectivity index is 1.82. The van der Waals surface area contributed by atoms with Crippen LogP contribution in [0.2, 0.25) is 15.1 Å². The molecule has 2 aromatic carbocycles. The molecule has 4 nitrogen and oxygen atoms in total. The minimum Gasteiger partial charge on any atom is -0.457 e. The maximum absolute atomic E-state index is 12.8. The van der Waals surface area contributed by atoms with Gasteiger partial charge in [0.25, 0.3) is 5.91 Å². The molecule has 1 N–H and O–H groups in total. The molecule has 0 aliphatic heterocycles. The summed E-state index contributed by atoms with van der Waals surface area (Å²) < 4.78 is 44.0. The van der Waals surface area contributed by atoms with Gasteiger partial charge >= 0.3 is 6.18 Å². The van der Waals surface area contributed by atoms with Gasteiger partial charge in [-0.25, -0.2) is 0 Å².